The van der Waals surface area contributed by atoms with E-state index in [1.54, 1.807) is 12.1 Å². The number of hydrogen-bond acceptors (Lipinski definition) is 1. The summed E-state index contributed by atoms with van der Waals surface area (Å²) in [6, 6.07) is 13.7. The SMILES string of the molecule is CCCc1ccc(OC(F)(F)c2ccc([C@H](C)CC3CCC(CCC)CC3)cc2)cc1. The molecule has 2 aromatic rings. The Bertz CT molecular complexity index is 774. The number of hydrogen-bond donors (Lipinski definition) is 0. The molecule has 0 heterocycles. The van der Waals surface area contributed by atoms with E-state index in [1.165, 1.54) is 50.7 Å². The molecule has 0 spiro atoms. The summed E-state index contributed by atoms with van der Waals surface area (Å²) in [6.07, 6.45) is 7.77. The number of alkyl halides is 2. The fourth-order valence-corrected chi connectivity index (χ4v) is 5.03. The van der Waals surface area contributed by atoms with Gasteiger partial charge in [-0.1, -0.05) is 90.0 Å². The first kappa shape index (κ1) is 23.8. The van der Waals surface area contributed by atoms with Crippen molar-refractivity contribution in [1.29, 1.82) is 0 Å². The first-order chi connectivity index (χ1) is 14.9. The van der Waals surface area contributed by atoms with Crippen LogP contribution in [-0.4, -0.2) is 0 Å². The largest absolute Gasteiger partial charge is 0.429 e. The highest BCUT2D eigenvalue weighted by Gasteiger charge is 2.34. The van der Waals surface area contributed by atoms with Gasteiger partial charge in [-0.05, 0) is 66.0 Å². The van der Waals surface area contributed by atoms with Crippen LogP contribution in [0.3, 0.4) is 0 Å². The van der Waals surface area contributed by atoms with Crippen molar-refractivity contribution in [2.24, 2.45) is 11.8 Å². The predicted molar refractivity (Wildman–Crippen MR) is 125 cm³/mol. The van der Waals surface area contributed by atoms with Crippen molar-refractivity contribution >= 4 is 0 Å². The van der Waals surface area contributed by atoms with E-state index < -0.39 is 6.11 Å². The molecule has 0 N–H and O–H groups in total. The topological polar surface area (TPSA) is 9.23 Å². The molecule has 2 aromatic carbocycles. The molecule has 1 aliphatic carbocycles. The van der Waals surface area contributed by atoms with Gasteiger partial charge in [0.05, 0.1) is 5.56 Å². The van der Waals surface area contributed by atoms with Crippen molar-refractivity contribution in [3.05, 3.63) is 65.2 Å². The minimum absolute atomic E-state index is 0.0961. The van der Waals surface area contributed by atoms with Crippen LogP contribution in [-0.2, 0) is 12.5 Å². The summed E-state index contributed by atoms with van der Waals surface area (Å²) >= 11 is 0. The van der Waals surface area contributed by atoms with Crippen LogP contribution >= 0.6 is 0 Å². The molecule has 31 heavy (non-hydrogen) atoms. The van der Waals surface area contributed by atoms with Gasteiger partial charge in [-0.25, -0.2) is 0 Å². The highest BCUT2D eigenvalue weighted by Crippen LogP contribution is 2.38. The number of ether oxygens (including phenoxy) is 1. The molecule has 0 bridgehead atoms. The lowest BCUT2D eigenvalue weighted by Gasteiger charge is -2.30. The summed E-state index contributed by atoms with van der Waals surface area (Å²) in [4.78, 5) is 0. The van der Waals surface area contributed by atoms with Crippen molar-refractivity contribution in [2.45, 2.75) is 90.6 Å². The molecular weight excluding hydrogens is 390 g/mol. The Morgan fingerprint density at radius 1 is 0.871 bits per heavy atom. The van der Waals surface area contributed by atoms with E-state index >= 15 is 0 Å². The molecular formula is C28H38F2O. The van der Waals surface area contributed by atoms with Gasteiger partial charge in [-0.3, -0.25) is 0 Å². The zero-order valence-electron chi connectivity index (χ0n) is 19.4. The van der Waals surface area contributed by atoms with E-state index in [1.807, 2.05) is 24.3 Å². The standard InChI is InChI=1S/C28H38F2O/c1-4-6-22-8-10-24(11-9-22)20-21(3)25-14-16-26(17-15-25)28(29,30)31-27-18-12-23(7-5-2)13-19-27/h12-19,21-22,24H,4-11,20H2,1-3H3/t21-,22?,24?/m1/s1. The van der Waals surface area contributed by atoms with E-state index in [2.05, 4.69) is 20.8 Å². The molecule has 1 aliphatic rings. The lowest BCUT2D eigenvalue weighted by molar-refractivity contribution is -0.185. The molecule has 1 fully saturated rings. The second-order valence-corrected chi connectivity index (χ2v) is 9.45. The summed E-state index contributed by atoms with van der Waals surface area (Å²) in [6.45, 7) is 6.59. The van der Waals surface area contributed by atoms with Crippen LogP contribution in [0.25, 0.3) is 0 Å². The van der Waals surface area contributed by atoms with Crippen LogP contribution in [0.5, 0.6) is 5.75 Å². The van der Waals surface area contributed by atoms with Gasteiger partial charge in [0, 0.05) is 0 Å². The fourth-order valence-electron chi connectivity index (χ4n) is 5.03. The predicted octanol–water partition coefficient (Wildman–Crippen LogP) is 8.87. The molecule has 170 valence electrons. The van der Waals surface area contributed by atoms with Gasteiger partial charge in [0.1, 0.15) is 5.75 Å². The maximum Gasteiger partial charge on any atom is 0.426 e. The van der Waals surface area contributed by atoms with Crippen LogP contribution in [0.4, 0.5) is 8.78 Å². The third-order valence-electron chi connectivity index (χ3n) is 6.87. The Morgan fingerprint density at radius 3 is 2.06 bits per heavy atom. The van der Waals surface area contributed by atoms with Crippen LogP contribution in [0.2, 0.25) is 0 Å². The second kappa shape index (κ2) is 11.1. The average molecular weight is 429 g/mol. The summed E-state index contributed by atoms with van der Waals surface area (Å²) in [7, 11) is 0. The second-order valence-electron chi connectivity index (χ2n) is 9.45. The van der Waals surface area contributed by atoms with Gasteiger partial charge < -0.3 is 4.74 Å². The third kappa shape index (κ3) is 6.79. The quantitative estimate of drug-likeness (QED) is 0.367. The Balaban J connectivity index is 1.55. The van der Waals surface area contributed by atoms with Gasteiger partial charge >= 0.3 is 6.11 Å². The molecule has 0 unspecified atom stereocenters. The van der Waals surface area contributed by atoms with Gasteiger partial charge in [-0.15, -0.1) is 0 Å². The Kier molecular flexibility index (Phi) is 8.51. The fraction of sp³-hybridized carbons (Fsp3) is 0.571. The highest BCUT2D eigenvalue weighted by molar-refractivity contribution is 5.31. The van der Waals surface area contributed by atoms with Gasteiger partial charge in [0.15, 0.2) is 0 Å². The molecule has 0 aromatic heterocycles. The number of halogens is 2. The third-order valence-corrected chi connectivity index (χ3v) is 6.87. The molecule has 0 aliphatic heterocycles. The lowest BCUT2D eigenvalue weighted by atomic mass is 9.76. The first-order valence-corrected chi connectivity index (χ1v) is 12.2. The normalized spacial score (nSPS) is 20.4. The van der Waals surface area contributed by atoms with Gasteiger partial charge in [-0.2, -0.15) is 8.78 Å². The molecule has 1 saturated carbocycles. The zero-order valence-corrected chi connectivity index (χ0v) is 19.4. The maximum absolute atomic E-state index is 14.7. The lowest BCUT2D eigenvalue weighted by Crippen LogP contribution is -2.22. The summed E-state index contributed by atoms with van der Waals surface area (Å²) in [5.41, 5.74) is 2.18. The maximum atomic E-state index is 14.7. The summed E-state index contributed by atoms with van der Waals surface area (Å²) in [5, 5.41) is 0. The first-order valence-electron chi connectivity index (χ1n) is 12.2. The smallest absolute Gasteiger partial charge is 0.426 e. The molecule has 1 atom stereocenters. The van der Waals surface area contributed by atoms with Gasteiger partial charge in [0.2, 0.25) is 0 Å². The number of rotatable bonds is 10. The van der Waals surface area contributed by atoms with Crippen LogP contribution in [0.1, 0.15) is 94.7 Å². The van der Waals surface area contributed by atoms with Crippen molar-refractivity contribution in [2.75, 3.05) is 0 Å². The van der Waals surface area contributed by atoms with E-state index in [0.717, 1.165) is 42.2 Å². The van der Waals surface area contributed by atoms with Gasteiger partial charge in [0.25, 0.3) is 0 Å². The minimum atomic E-state index is -3.34. The molecule has 0 radical (unpaired) electrons. The van der Waals surface area contributed by atoms with Crippen LogP contribution in [0.15, 0.2) is 48.5 Å². The van der Waals surface area contributed by atoms with E-state index in [0.29, 0.717) is 5.92 Å². The molecule has 3 heteroatoms. The van der Waals surface area contributed by atoms with E-state index in [4.69, 9.17) is 4.74 Å². The van der Waals surface area contributed by atoms with Crippen LogP contribution < -0.4 is 4.74 Å². The molecule has 3 rings (SSSR count). The van der Waals surface area contributed by atoms with Crippen LogP contribution in [0, 0.1) is 11.8 Å². The Hall–Kier alpha value is -1.90. The van der Waals surface area contributed by atoms with Crippen molar-refractivity contribution < 1.29 is 13.5 Å². The van der Waals surface area contributed by atoms with Crippen molar-refractivity contribution in [3.8, 4) is 5.75 Å². The monoisotopic (exact) mass is 428 g/mol. The molecule has 0 saturated heterocycles. The molecule has 1 nitrogen and oxygen atoms in total. The van der Waals surface area contributed by atoms with Crippen molar-refractivity contribution in [3.63, 3.8) is 0 Å². The Labute approximate surface area is 187 Å². The summed E-state index contributed by atoms with van der Waals surface area (Å²) in [5.74, 6) is 2.27. The summed E-state index contributed by atoms with van der Waals surface area (Å²) < 4.78 is 34.4. The highest BCUT2D eigenvalue weighted by atomic mass is 19.3. The van der Waals surface area contributed by atoms with E-state index in [-0.39, 0.29) is 11.3 Å². The Morgan fingerprint density at radius 2 is 1.48 bits per heavy atom. The van der Waals surface area contributed by atoms with E-state index in [9.17, 15) is 8.78 Å². The zero-order chi connectivity index (χ0) is 22.3. The molecule has 0 amide bonds. The minimum Gasteiger partial charge on any atom is -0.429 e. The number of benzene rings is 2. The van der Waals surface area contributed by atoms with Crippen molar-refractivity contribution in [1.82, 2.24) is 0 Å². The number of aryl methyl sites for hydroxylation is 1. The average Bonchev–Trinajstić information content (AvgIpc) is 2.77.